The molecule has 0 bridgehead atoms. The molecular weight excluding hydrogens is 310 g/mol. The van der Waals surface area contributed by atoms with Crippen LogP contribution >= 0.6 is 23.3 Å². The van der Waals surface area contributed by atoms with Gasteiger partial charge in [-0.05, 0) is 12.2 Å². The molecule has 0 atom stereocenters. The molecule has 0 amide bonds. The van der Waals surface area contributed by atoms with E-state index in [4.69, 9.17) is 22.5 Å². The number of hydrogen-bond acceptors (Lipinski definition) is 7. The van der Waals surface area contributed by atoms with Gasteiger partial charge in [0.25, 0.3) is 0 Å². The minimum Gasteiger partial charge on any atom is -0.370 e. The largest absolute Gasteiger partial charge is 0.370 e. The van der Waals surface area contributed by atoms with E-state index in [-0.39, 0.29) is 11.9 Å². The Morgan fingerprint density at radius 3 is 2.86 bits per heavy atom. The van der Waals surface area contributed by atoms with Crippen LogP contribution < -0.4 is 17.2 Å². The zero-order valence-electron chi connectivity index (χ0n) is 11.6. The van der Waals surface area contributed by atoms with Gasteiger partial charge in [0.15, 0.2) is 18.0 Å². The van der Waals surface area contributed by atoms with Crippen molar-refractivity contribution in [2.24, 2.45) is 27.2 Å². The van der Waals surface area contributed by atoms with Gasteiger partial charge in [-0.2, -0.15) is 26.4 Å². The van der Waals surface area contributed by atoms with Crippen LogP contribution in [0, 0.1) is 11.5 Å². The van der Waals surface area contributed by atoms with Crippen molar-refractivity contribution in [1.29, 1.82) is 5.26 Å². The molecule has 0 spiro atoms. The Labute approximate surface area is 131 Å². The zero-order chi connectivity index (χ0) is 15.7. The van der Waals surface area contributed by atoms with Gasteiger partial charge in [0.1, 0.15) is 0 Å². The third-order valence-electron chi connectivity index (χ3n) is 2.21. The van der Waals surface area contributed by atoms with Crippen molar-refractivity contribution in [3.05, 3.63) is 5.82 Å². The lowest BCUT2D eigenvalue weighted by Crippen LogP contribution is -2.34. The molecule has 0 aliphatic rings. The molecule has 0 unspecified atom stereocenters. The third kappa shape index (κ3) is 6.28. The number of nitrogens with two attached hydrogens (primary N) is 3. The normalized spacial score (nSPS) is 11.0. The second-order valence-corrected chi connectivity index (χ2v) is 5.60. The van der Waals surface area contributed by atoms with Gasteiger partial charge in [0.05, 0.1) is 5.75 Å². The van der Waals surface area contributed by atoms with Crippen LogP contribution in [0.2, 0.25) is 0 Å². The van der Waals surface area contributed by atoms with Crippen LogP contribution in [-0.4, -0.2) is 45.5 Å². The number of aliphatic imine (C=N–C) groups is 2. The van der Waals surface area contributed by atoms with Gasteiger partial charge in [-0.1, -0.05) is 0 Å². The van der Waals surface area contributed by atoms with Crippen molar-refractivity contribution < 1.29 is 0 Å². The van der Waals surface area contributed by atoms with Gasteiger partial charge in [-0.15, -0.1) is 0 Å². The number of hydrogen-bond donors (Lipinski definition) is 3. The highest BCUT2D eigenvalue weighted by Gasteiger charge is 2.06. The molecule has 1 rings (SSSR count). The Balaban J connectivity index is 2.27. The number of guanidine groups is 2. The molecule has 0 radical (unpaired) electrons. The molecule has 6 N–H and O–H groups in total. The van der Waals surface area contributed by atoms with E-state index in [9.17, 15) is 0 Å². The second kappa shape index (κ2) is 8.98. The summed E-state index contributed by atoms with van der Waals surface area (Å²) in [6.45, 7) is 0.538. The maximum absolute atomic E-state index is 8.89. The average Bonchev–Trinajstić information content (AvgIpc) is 2.88. The first-order chi connectivity index (χ1) is 10.1. The fraction of sp³-hybridized carbons (Fsp3) is 0.500. The Bertz CT molecular complexity index is 541. The molecule has 114 valence electrons. The molecule has 0 saturated carbocycles. The number of nitrogens with zero attached hydrogens (tertiary/aromatic N) is 6. The van der Waals surface area contributed by atoms with E-state index in [2.05, 4.69) is 19.3 Å². The molecule has 11 heteroatoms. The third-order valence-corrected chi connectivity index (χ3v) is 3.90. The lowest BCUT2D eigenvalue weighted by molar-refractivity contribution is 0.561. The number of rotatable bonds is 7. The van der Waals surface area contributed by atoms with Crippen LogP contribution in [0.4, 0.5) is 5.13 Å². The lowest BCUT2D eigenvalue weighted by atomic mass is 10.4. The highest BCUT2D eigenvalue weighted by atomic mass is 32.2. The Hall–Kier alpha value is -2.06. The summed E-state index contributed by atoms with van der Waals surface area (Å²) in [4.78, 5) is 13.1. The first-order valence-electron chi connectivity index (χ1n) is 5.96. The van der Waals surface area contributed by atoms with Gasteiger partial charge in [-0.3, -0.25) is 4.99 Å². The molecule has 0 aliphatic carbocycles. The van der Waals surface area contributed by atoms with Crippen molar-refractivity contribution in [3.8, 4) is 6.19 Å². The number of thioether (sulfide) groups is 1. The SMILES string of the molecule is CN=C(N)N(C#N)CCCSCc1nsc(N=C(N)N)n1. The fourth-order valence-electron chi connectivity index (χ4n) is 1.28. The van der Waals surface area contributed by atoms with Gasteiger partial charge in [-0.25, -0.2) is 9.88 Å². The number of aromatic nitrogens is 2. The monoisotopic (exact) mass is 327 g/mol. The molecular formula is C10H17N9S2. The number of nitriles is 1. The average molecular weight is 327 g/mol. The summed E-state index contributed by atoms with van der Waals surface area (Å²) in [7, 11) is 1.55. The summed E-state index contributed by atoms with van der Waals surface area (Å²) < 4.78 is 4.15. The Morgan fingerprint density at radius 2 is 2.24 bits per heavy atom. The molecule has 1 aromatic rings. The fourth-order valence-corrected chi connectivity index (χ4v) is 2.74. The van der Waals surface area contributed by atoms with Crippen LogP contribution in [0.5, 0.6) is 0 Å². The van der Waals surface area contributed by atoms with E-state index in [0.717, 1.165) is 23.7 Å². The van der Waals surface area contributed by atoms with E-state index >= 15 is 0 Å². The summed E-state index contributed by atoms with van der Waals surface area (Å²) in [5.41, 5.74) is 16.1. The van der Waals surface area contributed by atoms with E-state index < -0.39 is 0 Å². The molecule has 9 nitrogen and oxygen atoms in total. The van der Waals surface area contributed by atoms with E-state index in [1.54, 1.807) is 18.8 Å². The van der Waals surface area contributed by atoms with Gasteiger partial charge in [0, 0.05) is 25.1 Å². The molecule has 1 heterocycles. The highest BCUT2D eigenvalue weighted by Crippen LogP contribution is 2.18. The van der Waals surface area contributed by atoms with Crippen LogP contribution in [-0.2, 0) is 5.75 Å². The van der Waals surface area contributed by atoms with E-state index in [1.165, 1.54) is 4.90 Å². The second-order valence-electron chi connectivity index (χ2n) is 3.77. The predicted molar refractivity (Wildman–Crippen MR) is 86.0 cm³/mol. The molecule has 0 aliphatic heterocycles. The van der Waals surface area contributed by atoms with Crippen LogP contribution in [0.25, 0.3) is 0 Å². The summed E-state index contributed by atoms with van der Waals surface area (Å²) in [6, 6.07) is 0. The first-order valence-corrected chi connectivity index (χ1v) is 7.89. The zero-order valence-corrected chi connectivity index (χ0v) is 13.2. The van der Waals surface area contributed by atoms with E-state index in [0.29, 0.717) is 23.3 Å². The van der Waals surface area contributed by atoms with Crippen molar-refractivity contribution in [2.75, 3.05) is 19.3 Å². The molecule has 0 aromatic carbocycles. The van der Waals surface area contributed by atoms with Gasteiger partial charge in [0.2, 0.25) is 11.1 Å². The van der Waals surface area contributed by atoms with Crippen LogP contribution in [0.15, 0.2) is 9.98 Å². The molecule has 0 saturated heterocycles. The van der Waals surface area contributed by atoms with Crippen molar-refractivity contribution >= 4 is 40.3 Å². The maximum Gasteiger partial charge on any atom is 0.232 e. The molecule has 21 heavy (non-hydrogen) atoms. The summed E-state index contributed by atoms with van der Waals surface area (Å²) in [6.07, 6.45) is 2.79. The van der Waals surface area contributed by atoms with Crippen LogP contribution in [0.1, 0.15) is 12.2 Å². The highest BCUT2D eigenvalue weighted by molar-refractivity contribution is 7.98. The molecule has 1 aromatic heterocycles. The summed E-state index contributed by atoms with van der Waals surface area (Å²) in [5.74, 6) is 2.41. The smallest absolute Gasteiger partial charge is 0.232 e. The Morgan fingerprint density at radius 1 is 1.48 bits per heavy atom. The quantitative estimate of drug-likeness (QED) is 0.204. The minimum atomic E-state index is -0.0304. The lowest BCUT2D eigenvalue weighted by Gasteiger charge is -2.13. The first kappa shape index (κ1) is 17.0. The summed E-state index contributed by atoms with van der Waals surface area (Å²) >= 11 is 2.82. The van der Waals surface area contributed by atoms with Crippen molar-refractivity contribution in [3.63, 3.8) is 0 Å². The molecule has 0 fully saturated rings. The van der Waals surface area contributed by atoms with Crippen molar-refractivity contribution in [2.45, 2.75) is 12.2 Å². The summed E-state index contributed by atoms with van der Waals surface area (Å²) in [5, 5.41) is 9.35. The topological polar surface area (TPSA) is 156 Å². The van der Waals surface area contributed by atoms with Gasteiger partial charge < -0.3 is 17.2 Å². The van der Waals surface area contributed by atoms with Crippen molar-refractivity contribution in [1.82, 2.24) is 14.3 Å². The van der Waals surface area contributed by atoms with E-state index in [1.807, 2.05) is 6.19 Å². The predicted octanol–water partition coefficient (Wildman–Crippen LogP) is -0.206. The standard InChI is InChI=1S/C10H17N9S2/c1-15-9(14)19(6-11)3-2-4-20-5-7-16-10(21-18-7)17-8(12)13/h2-5H2,1H3,(H2,14,15)(H4,12,13,16,17,18). The Kier molecular flexibility index (Phi) is 7.27. The minimum absolute atomic E-state index is 0.0304. The van der Waals surface area contributed by atoms with Gasteiger partial charge >= 0.3 is 0 Å². The maximum atomic E-state index is 8.89. The van der Waals surface area contributed by atoms with Crippen LogP contribution in [0.3, 0.4) is 0 Å².